The van der Waals surface area contributed by atoms with Crippen molar-refractivity contribution >= 4 is 34.0 Å². The third-order valence-corrected chi connectivity index (χ3v) is 4.09. The molecule has 4 nitrogen and oxygen atoms in total. The SMILES string of the molecule is C[S@](=O)c1ccc(C(=O)Nc2ccc(OC(F)F)c(Cl)c2)cc1. The van der Waals surface area contributed by atoms with Crippen molar-refractivity contribution in [3.8, 4) is 5.75 Å². The van der Waals surface area contributed by atoms with Crippen LogP contribution in [0.1, 0.15) is 10.4 Å². The van der Waals surface area contributed by atoms with Crippen molar-refractivity contribution in [2.75, 3.05) is 11.6 Å². The Morgan fingerprint density at radius 3 is 2.39 bits per heavy atom. The quantitative estimate of drug-likeness (QED) is 0.880. The van der Waals surface area contributed by atoms with E-state index in [1.165, 1.54) is 18.2 Å². The van der Waals surface area contributed by atoms with E-state index in [1.807, 2.05) is 0 Å². The van der Waals surface area contributed by atoms with E-state index in [-0.39, 0.29) is 10.8 Å². The summed E-state index contributed by atoms with van der Waals surface area (Å²) in [7, 11) is -1.12. The van der Waals surface area contributed by atoms with Crippen LogP contribution < -0.4 is 10.1 Å². The molecule has 0 fully saturated rings. The predicted molar refractivity (Wildman–Crippen MR) is 84.8 cm³/mol. The highest BCUT2D eigenvalue weighted by atomic mass is 35.5. The number of hydrogen-bond acceptors (Lipinski definition) is 3. The summed E-state index contributed by atoms with van der Waals surface area (Å²) in [6.07, 6.45) is 1.54. The largest absolute Gasteiger partial charge is 0.433 e. The molecule has 122 valence electrons. The summed E-state index contributed by atoms with van der Waals surface area (Å²) in [5, 5.41) is 2.54. The van der Waals surface area contributed by atoms with Crippen LogP contribution in [0.2, 0.25) is 5.02 Å². The zero-order chi connectivity index (χ0) is 17.0. The fraction of sp³-hybridized carbons (Fsp3) is 0.133. The fourth-order valence-electron chi connectivity index (χ4n) is 1.77. The van der Waals surface area contributed by atoms with E-state index in [4.69, 9.17) is 11.6 Å². The molecule has 0 aliphatic heterocycles. The molecule has 0 radical (unpaired) electrons. The molecule has 2 aromatic rings. The molecule has 1 N–H and O–H groups in total. The Balaban J connectivity index is 2.10. The smallest absolute Gasteiger partial charge is 0.387 e. The number of carbonyl (C=O) groups excluding carboxylic acids is 1. The molecule has 0 spiro atoms. The Morgan fingerprint density at radius 1 is 1.22 bits per heavy atom. The maximum absolute atomic E-state index is 12.1. The van der Waals surface area contributed by atoms with Gasteiger partial charge in [-0.15, -0.1) is 0 Å². The van der Waals surface area contributed by atoms with E-state index < -0.39 is 23.3 Å². The molecule has 1 atom stereocenters. The van der Waals surface area contributed by atoms with Crippen LogP contribution >= 0.6 is 11.6 Å². The van der Waals surface area contributed by atoms with Gasteiger partial charge in [0, 0.05) is 33.2 Å². The van der Waals surface area contributed by atoms with Gasteiger partial charge in [0.1, 0.15) is 5.75 Å². The summed E-state index contributed by atoms with van der Waals surface area (Å²) in [6, 6.07) is 10.2. The number of halogens is 3. The number of nitrogens with one attached hydrogen (secondary N) is 1. The van der Waals surface area contributed by atoms with Gasteiger partial charge in [0.25, 0.3) is 5.91 Å². The summed E-state index contributed by atoms with van der Waals surface area (Å²) in [5.41, 5.74) is 0.702. The monoisotopic (exact) mass is 359 g/mol. The van der Waals surface area contributed by atoms with E-state index in [9.17, 15) is 17.8 Å². The highest BCUT2D eigenvalue weighted by Gasteiger charge is 2.11. The maximum atomic E-state index is 12.1. The Morgan fingerprint density at radius 2 is 1.87 bits per heavy atom. The molecule has 0 aromatic heterocycles. The Kier molecular flexibility index (Phi) is 5.68. The van der Waals surface area contributed by atoms with Gasteiger partial charge in [-0.05, 0) is 42.5 Å². The lowest BCUT2D eigenvalue weighted by Crippen LogP contribution is -2.12. The summed E-state index contributed by atoms with van der Waals surface area (Å²) in [5.74, 6) is -0.577. The molecule has 23 heavy (non-hydrogen) atoms. The molecule has 0 saturated carbocycles. The number of anilines is 1. The van der Waals surface area contributed by atoms with Crippen molar-refractivity contribution in [1.82, 2.24) is 0 Å². The lowest BCUT2D eigenvalue weighted by molar-refractivity contribution is -0.0497. The number of alkyl halides is 2. The molecule has 0 bridgehead atoms. The van der Waals surface area contributed by atoms with Gasteiger partial charge in [0.15, 0.2) is 0 Å². The second-order valence-electron chi connectivity index (χ2n) is 4.46. The molecule has 1 amide bonds. The molecule has 0 unspecified atom stereocenters. The third-order valence-electron chi connectivity index (χ3n) is 2.85. The van der Waals surface area contributed by atoms with Gasteiger partial charge in [-0.2, -0.15) is 8.78 Å². The summed E-state index contributed by atoms with van der Waals surface area (Å²) in [6.45, 7) is -2.98. The van der Waals surface area contributed by atoms with Crippen molar-refractivity contribution in [1.29, 1.82) is 0 Å². The second kappa shape index (κ2) is 7.52. The van der Waals surface area contributed by atoms with Gasteiger partial charge in [-0.1, -0.05) is 11.6 Å². The van der Waals surface area contributed by atoms with Gasteiger partial charge in [0.05, 0.1) is 5.02 Å². The second-order valence-corrected chi connectivity index (χ2v) is 6.24. The van der Waals surface area contributed by atoms with E-state index in [0.29, 0.717) is 16.1 Å². The predicted octanol–water partition coefficient (Wildman–Crippen LogP) is 3.93. The third kappa shape index (κ3) is 4.74. The zero-order valence-corrected chi connectivity index (χ0v) is 13.5. The molecule has 0 aliphatic rings. The van der Waals surface area contributed by atoms with E-state index in [2.05, 4.69) is 10.1 Å². The van der Waals surface area contributed by atoms with Gasteiger partial charge in [-0.3, -0.25) is 9.00 Å². The summed E-state index contributed by atoms with van der Waals surface area (Å²) >= 11 is 5.82. The van der Waals surface area contributed by atoms with Gasteiger partial charge in [0.2, 0.25) is 0 Å². The first kappa shape index (κ1) is 17.4. The average molecular weight is 360 g/mol. The minimum absolute atomic E-state index is 0.0418. The highest BCUT2D eigenvalue weighted by molar-refractivity contribution is 7.84. The first-order chi connectivity index (χ1) is 10.9. The average Bonchev–Trinajstić information content (AvgIpc) is 2.49. The molecule has 0 aliphatic carbocycles. The Hall–Kier alpha value is -1.99. The number of rotatable bonds is 5. The first-order valence-corrected chi connectivity index (χ1v) is 8.29. The lowest BCUT2D eigenvalue weighted by atomic mass is 10.2. The first-order valence-electron chi connectivity index (χ1n) is 6.36. The molecule has 0 saturated heterocycles. The molecule has 0 heterocycles. The van der Waals surface area contributed by atoms with Crippen molar-refractivity contribution < 1.29 is 22.5 Å². The lowest BCUT2D eigenvalue weighted by Gasteiger charge is -2.10. The number of benzene rings is 2. The van der Waals surface area contributed by atoms with Crippen LogP contribution in [-0.4, -0.2) is 23.0 Å². The highest BCUT2D eigenvalue weighted by Crippen LogP contribution is 2.29. The number of amides is 1. The number of ether oxygens (including phenoxy) is 1. The van der Waals surface area contributed by atoms with Crippen molar-refractivity contribution in [2.45, 2.75) is 11.5 Å². The Bertz CT molecular complexity index is 738. The van der Waals surface area contributed by atoms with Gasteiger partial charge >= 0.3 is 6.61 Å². The summed E-state index contributed by atoms with van der Waals surface area (Å²) in [4.78, 5) is 12.7. The normalized spacial score (nSPS) is 12.0. The minimum atomic E-state index is -2.98. The molecule has 2 aromatic carbocycles. The van der Waals surface area contributed by atoms with Crippen LogP contribution in [0.4, 0.5) is 14.5 Å². The van der Waals surface area contributed by atoms with Gasteiger partial charge in [-0.25, -0.2) is 0 Å². The molecular formula is C15H12ClF2NO3S. The van der Waals surface area contributed by atoms with Gasteiger partial charge < -0.3 is 10.1 Å². The molecular weight excluding hydrogens is 348 g/mol. The minimum Gasteiger partial charge on any atom is -0.433 e. The van der Waals surface area contributed by atoms with Crippen LogP contribution in [0.5, 0.6) is 5.75 Å². The van der Waals surface area contributed by atoms with Crippen LogP contribution in [0, 0.1) is 0 Å². The zero-order valence-electron chi connectivity index (χ0n) is 11.9. The van der Waals surface area contributed by atoms with E-state index in [1.54, 1.807) is 30.5 Å². The van der Waals surface area contributed by atoms with E-state index >= 15 is 0 Å². The van der Waals surface area contributed by atoms with Crippen LogP contribution in [0.25, 0.3) is 0 Å². The fourth-order valence-corrected chi connectivity index (χ4v) is 2.52. The number of carbonyl (C=O) groups is 1. The van der Waals surface area contributed by atoms with Crippen molar-refractivity contribution in [3.63, 3.8) is 0 Å². The van der Waals surface area contributed by atoms with Crippen molar-refractivity contribution in [3.05, 3.63) is 53.1 Å². The van der Waals surface area contributed by atoms with Crippen molar-refractivity contribution in [2.24, 2.45) is 0 Å². The van der Waals surface area contributed by atoms with Crippen LogP contribution in [0.15, 0.2) is 47.4 Å². The summed E-state index contributed by atoms with van der Waals surface area (Å²) < 4.78 is 39.8. The van der Waals surface area contributed by atoms with Crippen LogP contribution in [0.3, 0.4) is 0 Å². The molecule has 8 heteroatoms. The topological polar surface area (TPSA) is 55.4 Å². The molecule has 2 rings (SSSR count). The van der Waals surface area contributed by atoms with Crippen LogP contribution in [-0.2, 0) is 10.8 Å². The van der Waals surface area contributed by atoms with E-state index in [0.717, 1.165) is 0 Å². The Labute approximate surface area is 138 Å². The maximum Gasteiger partial charge on any atom is 0.387 e. The standard InChI is InChI=1S/C15H12ClF2NO3S/c1-23(21)11-5-2-9(3-6-11)14(20)19-10-4-7-13(12(16)8-10)22-15(17)18/h2-8,15H,1H3,(H,19,20)/t23-/m0/s1. The number of hydrogen-bond donors (Lipinski definition) is 1.